The molecule has 0 fully saturated rings. The molecular weight excluding hydrogens is 352 g/mol. The van der Waals surface area contributed by atoms with E-state index in [0.717, 1.165) is 22.1 Å². The molecule has 0 saturated heterocycles. The van der Waals surface area contributed by atoms with E-state index in [0.29, 0.717) is 11.8 Å². The summed E-state index contributed by atoms with van der Waals surface area (Å²) in [6.07, 6.45) is 1.63. The number of carbonyl (C=O) groups excluding carboxylic acids is 1. The molecule has 2 aromatic carbocycles. The Hall–Kier alpha value is -3.60. The lowest BCUT2D eigenvalue weighted by molar-refractivity contribution is -0.120. The number of carbonyl (C=O) groups is 1. The van der Waals surface area contributed by atoms with Crippen LogP contribution in [0.3, 0.4) is 0 Å². The lowest BCUT2D eigenvalue weighted by Gasteiger charge is -2.33. The number of fused-ring (bicyclic) bond motifs is 1. The highest BCUT2D eigenvalue weighted by atomic mass is 16.5. The number of ketones is 1. The number of aromatic nitrogens is 1. The molecule has 140 valence electrons. The molecule has 1 atom stereocenters. The van der Waals surface area contributed by atoms with Crippen LogP contribution >= 0.6 is 0 Å². The second-order valence-corrected chi connectivity index (χ2v) is 6.53. The number of Topliss-reactive ketones (excluding diaryl/α,β-unsaturated/α-hetero) is 1. The fraction of sp³-hybridized carbons (Fsp3) is 0.130. The van der Waals surface area contributed by atoms with Crippen molar-refractivity contribution in [1.29, 1.82) is 0 Å². The van der Waals surface area contributed by atoms with Gasteiger partial charge in [-0.05, 0) is 30.2 Å². The third-order valence-electron chi connectivity index (χ3n) is 4.85. The van der Waals surface area contributed by atoms with E-state index in [-0.39, 0.29) is 5.78 Å². The largest absolute Gasteiger partial charge is 0.481 e. The van der Waals surface area contributed by atoms with Crippen LogP contribution in [-0.2, 0) is 10.3 Å². The van der Waals surface area contributed by atoms with E-state index in [9.17, 15) is 4.79 Å². The zero-order chi connectivity index (χ0) is 19.6. The molecule has 5 nitrogen and oxygen atoms in total. The summed E-state index contributed by atoms with van der Waals surface area (Å²) in [4.78, 5) is 17.3. The van der Waals surface area contributed by atoms with Crippen molar-refractivity contribution in [2.24, 2.45) is 0 Å². The van der Waals surface area contributed by atoms with Crippen LogP contribution in [0.1, 0.15) is 18.1 Å². The van der Waals surface area contributed by atoms with Gasteiger partial charge in [-0.2, -0.15) is 0 Å². The van der Waals surface area contributed by atoms with E-state index in [1.54, 1.807) is 26.3 Å². The first kappa shape index (κ1) is 17.8. The lowest BCUT2D eigenvalue weighted by Crippen LogP contribution is -2.43. The van der Waals surface area contributed by atoms with Crippen LogP contribution in [0.15, 0.2) is 83.4 Å². The Kier molecular flexibility index (Phi) is 4.57. The molecule has 0 bridgehead atoms. The minimum Gasteiger partial charge on any atom is -0.481 e. The van der Waals surface area contributed by atoms with Crippen molar-refractivity contribution in [3.63, 3.8) is 0 Å². The van der Waals surface area contributed by atoms with Gasteiger partial charge in [0.1, 0.15) is 11.1 Å². The Bertz CT molecular complexity index is 1090. The molecule has 1 N–H and O–H groups in total. The molecular formula is C23H20N2O3. The van der Waals surface area contributed by atoms with Gasteiger partial charge in [-0.1, -0.05) is 48.5 Å². The monoisotopic (exact) mass is 372 g/mol. The quantitative estimate of drug-likeness (QED) is 0.528. The third-order valence-corrected chi connectivity index (χ3v) is 4.85. The summed E-state index contributed by atoms with van der Waals surface area (Å²) in [6.45, 7) is 1.57. The average Bonchev–Trinajstić information content (AvgIpc) is 3.15. The molecule has 4 rings (SSSR count). The molecule has 1 unspecified atom stereocenters. The predicted molar refractivity (Wildman–Crippen MR) is 109 cm³/mol. The van der Waals surface area contributed by atoms with Gasteiger partial charge in [0.15, 0.2) is 11.7 Å². The Morgan fingerprint density at radius 3 is 2.46 bits per heavy atom. The number of furan rings is 1. The van der Waals surface area contributed by atoms with Crippen molar-refractivity contribution in [1.82, 2.24) is 4.98 Å². The number of hydrogen-bond acceptors (Lipinski definition) is 5. The maximum atomic E-state index is 13.1. The topological polar surface area (TPSA) is 64.4 Å². The number of para-hydroxylation sites is 1. The van der Waals surface area contributed by atoms with Crippen LogP contribution in [0.5, 0.6) is 5.88 Å². The molecule has 0 spiro atoms. The summed E-state index contributed by atoms with van der Waals surface area (Å²) in [5, 5.41) is 4.33. The van der Waals surface area contributed by atoms with E-state index >= 15 is 0 Å². The molecule has 0 aliphatic carbocycles. The molecule has 0 radical (unpaired) electrons. The Balaban J connectivity index is 1.92. The average molecular weight is 372 g/mol. The number of pyridine rings is 1. The normalized spacial score (nSPS) is 13.1. The minimum atomic E-state index is -1.15. The van der Waals surface area contributed by atoms with Gasteiger partial charge in [0.05, 0.1) is 7.11 Å². The highest BCUT2D eigenvalue weighted by Crippen LogP contribution is 2.37. The number of ether oxygens (including phenoxy) is 1. The molecule has 0 amide bonds. The molecule has 0 aliphatic heterocycles. The summed E-state index contributed by atoms with van der Waals surface area (Å²) in [6, 6.07) is 22.8. The summed E-state index contributed by atoms with van der Waals surface area (Å²) in [5.41, 5.74) is 1.13. The fourth-order valence-electron chi connectivity index (χ4n) is 3.48. The first-order valence-electron chi connectivity index (χ1n) is 8.97. The number of methoxy groups -OCH3 is 1. The van der Waals surface area contributed by atoms with Crippen molar-refractivity contribution in [3.8, 4) is 5.88 Å². The van der Waals surface area contributed by atoms with E-state index in [2.05, 4.69) is 10.3 Å². The van der Waals surface area contributed by atoms with E-state index in [1.165, 1.54) is 0 Å². The summed E-state index contributed by atoms with van der Waals surface area (Å²) >= 11 is 0. The first-order valence-corrected chi connectivity index (χ1v) is 8.97. The minimum absolute atomic E-state index is 0.0765. The van der Waals surface area contributed by atoms with E-state index in [4.69, 9.17) is 9.15 Å². The zero-order valence-electron chi connectivity index (χ0n) is 15.7. The maximum Gasteiger partial charge on any atom is 0.213 e. The van der Waals surface area contributed by atoms with Gasteiger partial charge in [0, 0.05) is 23.7 Å². The Labute approximate surface area is 163 Å². The van der Waals surface area contributed by atoms with Crippen molar-refractivity contribution >= 4 is 22.6 Å². The number of rotatable bonds is 6. The summed E-state index contributed by atoms with van der Waals surface area (Å²) < 4.78 is 11.3. The molecule has 2 aromatic heterocycles. The van der Waals surface area contributed by atoms with Crippen molar-refractivity contribution in [2.75, 3.05) is 12.4 Å². The number of hydrogen-bond donors (Lipinski definition) is 1. The Morgan fingerprint density at radius 1 is 1.00 bits per heavy atom. The van der Waals surface area contributed by atoms with Gasteiger partial charge in [0.2, 0.25) is 5.88 Å². The van der Waals surface area contributed by atoms with E-state index in [1.807, 2.05) is 66.7 Å². The predicted octanol–water partition coefficient (Wildman–Crippen LogP) is 4.78. The molecule has 28 heavy (non-hydrogen) atoms. The van der Waals surface area contributed by atoms with Crippen LogP contribution in [0.25, 0.3) is 11.0 Å². The number of nitrogens with one attached hydrogen (secondary N) is 1. The Morgan fingerprint density at radius 2 is 1.75 bits per heavy atom. The number of nitrogens with zero attached hydrogens (tertiary/aromatic N) is 1. The van der Waals surface area contributed by atoms with Crippen LogP contribution < -0.4 is 10.1 Å². The number of anilines is 1. The summed E-state index contributed by atoms with van der Waals surface area (Å²) in [7, 11) is 1.55. The molecule has 4 aromatic rings. The zero-order valence-corrected chi connectivity index (χ0v) is 15.7. The fourth-order valence-corrected chi connectivity index (χ4v) is 3.48. The van der Waals surface area contributed by atoms with Gasteiger partial charge < -0.3 is 14.5 Å². The highest BCUT2D eigenvalue weighted by Gasteiger charge is 2.40. The highest BCUT2D eigenvalue weighted by molar-refractivity contribution is 5.95. The molecule has 0 aliphatic rings. The third kappa shape index (κ3) is 3.01. The van der Waals surface area contributed by atoms with Gasteiger partial charge in [-0.25, -0.2) is 4.98 Å². The van der Waals surface area contributed by atoms with Crippen molar-refractivity contribution in [2.45, 2.75) is 12.5 Å². The molecule has 2 heterocycles. The van der Waals surface area contributed by atoms with Crippen LogP contribution in [0, 0.1) is 0 Å². The van der Waals surface area contributed by atoms with Crippen LogP contribution in [-0.4, -0.2) is 17.9 Å². The lowest BCUT2D eigenvalue weighted by atomic mass is 9.80. The van der Waals surface area contributed by atoms with Crippen molar-refractivity contribution in [3.05, 3.63) is 90.1 Å². The maximum absolute atomic E-state index is 13.1. The summed E-state index contributed by atoms with van der Waals surface area (Å²) in [5.74, 6) is 0.869. The van der Waals surface area contributed by atoms with Crippen LogP contribution in [0.4, 0.5) is 5.88 Å². The van der Waals surface area contributed by atoms with E-state index < -0.39 is 5.54 Å². The second-order valence-electron chi connectivity index (χ2n) is 6.53. The molecule has 0 saturated carbocycles. The SMILES string of the molecule is COc1cc(C(Nc2cc3ccccc3o2)(C(C)=O)c2ccccc2)ccn1. The van der Waals surface area contributed by atoms with Gasteiger partial charge in [-0.15, -0.1) is 0 Å². The van der Waals surface area contributed by atoms with Gasteiger partial charge in [0.25, 0.3) is 0 Å². The van der Waals surface area contributed by atoms with Gasteiger partial charge >= 0.3 is 0 Å². The first-order chi connectivity index (χ1) is 13.6. The standard InChI is InChI=1S/C23H20N2O3/c1-16(26)23(18-9-4-3-5-10-18,19-12-13-24-21(15-19)27-2)25-22-14-17-8-6-7-11-20(17)28-22/h3-15,25H,1-2H3. The smallest absolute Gasteiger partial charge is 0.213 e. The van der Waals surface area contributed by atoms with Crippen LogP contribution in [0.2, 0.25) is 0 Å². The van der Waals surface area contributed by atoms with Gasteiger partial charge in [-0.3, -0.25) is 4.79 Å². The second kappa shape index (κ2) is 7.19. The number of benzene rings is 2. The van der Waals surface area contributed by atoms with Crippen molar-refractivity contribution < 1.29 is 13.9 Å². The molecule has 5 heteroatoms.